The molecule has 3 heteroatoms. The van der Waals surface area contributed by atoms with Gasteiger partial charge in [0.15, 0.2) is 0 Å². The molecule has 0 amide bonds. The van der Waals surface area contributed by atoms with Crippen LogP contribution in [-0.2, 0) is 11.2 Å². The van der Waals surface area contributed by atoms with Gasteiger partial charge in [-0.3, -0.25) is 4.79 Å². The maximum atomic E-state index is 10.5. The Labute approximate surface area is 109 Å². The second-order valence-corrected chi connectivity index (χ2v) is 4.87. The molecule has 1 aromatic rings. The topological polar surface area (TPSA) is 49.3 Å². The highest BCUT2D eigenvalue weighted by atomic mass is 16.4. The lowest BCUT2D eigenvalue weighted by atomic mass is 10.1. The molecule has 0 aliphatic rings. The summed E-state index contributed by atoms with van der Waals surface area (Å²) in [6, 6.07) is 8.03. The fourth-order valence-corrected chi connectivity index (χ4v) is 1.98. The molecule has 0 fully saturated rings. The van der Waals surface area contributed by atoms with E-state index >= 15 is 0 Å². The van der Waals surface area contributed by atoms with Gasteiger partial charge >= 0.3 is 5.97 Å². The van der Waals surface area contributed by atoms with E-state index in [4.69, 9.17) is 5.11 Å². The number of carboxylic acids is 1. The van der Waals surface area contributed by atoms with Gasteiger partial charge in [0.1, 0.15) is 0 Å². The van der Waals surface area contributed by atoms with Gasteiger partial charge in [0.05, 0.1) is 0 Å². The molecule has 0 heterocycles. The van der Waals surface area contributed by atoms with Crippen molar-refractivity contribution in [2.45, 2.75) is 39.5 Å². The van der Waals surface area contributed by atoms with Gasteiger partial charge in [0.2, 0.25) is 0 Å². The summed E-state index contributed by atoms with van der Waals surface area (Å²) in [5.74, 6) is -0.0809. The maximum Gasteiger partial charge on any atom is 0.303 e. The van der Waals surface area contributed by atoms with E-state index < -0.39 is 5.97 Å². The lowest BCUT2D eigenvalue weighted by Crippen LogP contribution is -2.11. The van der Waals surface area contributed by atoms with Crippen LogP contribution in [0.5, 0.6) is 0 Å². The summed E-state index contributed by atoms with van der Waals surface area (Å²) in [5.41, 5.74) is 2.16. The van der Waals surface area contributed by atoms with Gasteiger partial charge in [-0.25, -0.2) is 0 Å². The quantitative estimate of drug-likeness (QED) is 0.740. The van der Waals surface area contributed by atoms with E-state index in [9.17, 15) is 4.79 Å². The monoisotopic (exact) mass is 249 g/mol. The molecule has 2 N–H and O–H groups in total. The summed E-state index contributed by atoms with van der Waals surface area (Å²) in [4.78, 5) is 10.5. The van der Waals surface area contributed by atoms with Crippen molar-refractivity contribution in [2.24, 2.45) is 5.92 Å². The molecule has 0 aromatic heterocycles. The lowest BCUT2D eigenvalue weighted by molar-refractivity contribution is -0.136. The van der Waals surface area contributed by atoms with Crippen LogP contribution < -0.4 is 5.32 Å². The van der Waals surface area contributed by atoms with Crippen LogP contribution in [0.2, 0.25) is 0 Å². The minimum atomic E-state index is -0.745. The van der Waals surface area contributed by atoms with E-state index in [0.717, 1.165) is 17.8 Å². The maximum absolute atomic E-state index is 10.5. The number of carboxylic acid groups (broad SMARTS) is 1. The third-order valence-corrected chi connectivity index (χ3v) is 2.99. The highest BCUT2D eigenvalue weighted by molar-refractivity contribution is 5.67. The van der Waals surface area contributed by atoms with Gasteiger partial charge in [-0.15, -0.1) is 0 Å². The van der Waals surface area contributed by atoms with Crippen LogP contribution >= 0.6 is 0 Å². The Bertz CT molecular complexity index is 377. The van der Waals surface area contributed by atoms with Gasteiger partial charge in [-0.2, -0.15) is 0 Å². The normalized spacial score (nSPS) is 12.1. The van der Waals surface area contributed by atoms with Crippen LogP contribution in [0.1, 0.15) is 38.7 Å². The van der Waals surface area contributed by atoms with E-state index in [1.165, 1.54) is 12.8 Å². The van der Waals surface area contributed by atoms with Crippen LogP contribution in [0.4, 0.5) is 5.69 Å². The Morgan fingerprint density at radius 2 is 2.22 bits per heavy atom. The molecular weight excluding hydrogens is 226 g/mol. The minimum absolute atomic E-state index is 0.190. The first-order valence-corrected chi connectivity index (χ1v) is 6.66. The number of hydrogen-bond acceptors (Lipinski definition) is 2. The molecule has 1 aromatic carbocycles. The Morgan fingerprint density at radius 3 is 2.89 bits per heavy atom. The lowest BCUT2D eigenvalue weighted by Gasteiger charge is -2.13. The van der Waals surface area contributed by atoms with Crippen molar-refractivity contribution in [3.8, 4) is 0 Å². The number of hydrogen-bond donors (Lipinski definition) is 2. The van der Waals surface area contributed by atoms with Crippen molar-refractivity contribution in [1.82, 2.24) is 0 Å². The minimum Gasteiger partial charge on any atom is -0.481 e. The first kappa shape index (κ1) is 14.6. The fraction of sp³-hybridized carbons (Fsp3) is 0.533. The Balaban J connectivity index is 2.46. The molecule has 0 radical (unpaired) electrons. The number of anilines is 1. The third kappa shape index (κ3) is 5.71. The SMILES string of the molecule is CCCC(C)CNc1cccc(CCC(=O)O)c1. The van der Waals surface area contributed by atoms with Crippen LogP contribution in [0.25, 0.3) is 0 Å². The summed E-state index contributed by atoms with van der Waals surface area (Å²) in [5, 5.41) is 12.1. The molecule has 1 unspecified atom stereocenters. The number of aryl methyl sites for hydroxylation is 1. The van der Waals surface area contributed by atoms with Crippen molar-refractivity contribution in [1.29, 1.82) is 0 Å². The molecule has 100 valence electrons. The van der Waals surface area contributed by atoms with Crippen LogP contribution in [0.15, 0.2) is 24.3 Å². The molecule has 0 saturated carbocycles. The van der Waals surface area contributed by atoms with E-state index in [-0.39, 0.29) is 6.42 Å². The zero-order chi connectivity index (χ0) is 13.4. The van der Waals surface area contributed by atoms with E-state index in [1.54, 1.807) is 0 Å². The summed E-state index contributed by atoms with van der Waals surface area (Å²) in [7, 11) is 0. The third-order valence-electron chi connectivity index (χ3n) is 2.99. The average Bonchev–Trinajstić information content (AvgIpc) is 2.35. The standard InChI is InChI=1S/C15H23NO2/c1-3-5-12(2)11-16-14-7-4-6-13(10-14)8-9-15(17)18/h4,6-7,10,12,16H,3,5,8-9,11H2,1-2H3,(H,17,18). The molecule has 3 nitrogen and oxygen atoms in total. The average molecular weight is 249 g/mol. The second kappa shape index (κ2) is 7.75. The van der Waals surface area contributed by atoms with Crippen LogP contribution in [0, 0.1) is 5.92 Å². The Kier molecular flexibility index (Phi) is 6.26. The molecule has 1 atom stereocenters. The number of benzene rings is 1. The fourth-order valence-electron chi connectivity index (χ4n) is 1.98. The zero-order valence-electron chi connectivity index (χ0n) is 11.3. The molecule has 1 rings (SSSR count). The first-order chi connectivity index (χ1) is 8.61. The Morgan fingerprint density at radius 1 is 1.44 bits per heavy atom. The summed E-state index contributed by atoms with van der Waals surface area (Å²) < 4.78 is 0. The van der Waals surface area contributed by atoms with Gasteiger partial charge in [0.25, 0.3) is 0 Å². The van der Waals surface area contributed by atoms with E-state index in [2.05, 4.69) is 19.2 Å². The Hall–Kier alpha value is -1.51. The molecule has 0 saturated heterocycles. The molecule has 0 spiro atoms. The van der Waals surface area contributed by atoms with Crippen molar-refractivity contribution in [3.05, 3.63) is 29.8 Å². The predicted octanol–water partition coefficient (Wildman–Crippen LogP) is 3.55. The van der Waals surface area contributed by atoms with Crippen molar-refractivity contribution in [3.63, 3.8) is 0 Å². The van der Waals surface area contributed by atoms with E-state index in [0.29, 0.717) is 12.3 Å². The predicted molar refractivity (Wildman–Crippen MR) is 75.0 cm³/mol. The first-order valence-electron chi connectivity index (χ1n) is 6.66. The summed E-state index contributed by atoms with van der Waals surface area (Å²) in [6.45, 7) is 5.41. The number of rotatable bonds is 8. The van der Waals surface area contributed by atoms with Crippen LogP contribution in [0.3, 0.4) is 0 Å². The largest absolute Gasteiger partial charge is 0.481 e. The molecule has 0 aliphatic carbocycles. The highest BCUT2D eigenvalue weighted by Gasteiger charge is 2.02. The molecule has 18 heavy (non-hydrogen) atoms. The smallest absolute Gasteiger partial charge is 0.303 e. The number of carbonyl (C=O) groups is 1. The van der Waals surface area contributed by atoms with E-state index in [1.807, 2.05) is 24.3 Å². The molecular formula is C15H23NO2. The van der Waals surface area contributed by atoms with Gasteiger partial charge in [-0.05, 0) is 36.5 Å². The van der Waals surface area contributed by atoms with Crippen LogP contribution in [-0.4, -0.2) is 17.6 Å². The van der Waals surface area contributed by atoms with Crippen molar-refractivity contribution < 1.29 is 9.90 Å². The summed E-state index contributed by atoms with van der Waals surface area (Å²) >= 11 is 0. The second-order valence-electron chi connectivity index (χ2n) is 4.87. The summed E-state index contributed by atoms with van der Waals surface area (Å²) in [6.07, 6.45) is 3.22. The molecule has 0 aliphatic heterocycles. The van der Waals surface area contributed by atoms with Gasteiger partial charge < -0.3 is 10.4 Å². The number of nitrogens with one attached hydrogen (secondary N) is 1. The highest BCUT2D eigenvalue weighted by Crippen LogP contribution is 2.14. The molecule has 0 bridgehead atoms. The number of aliphatic carboxylic acids is 1. The van der Waals surface area contributed by atoms with Crippen molar-refractivity contribution in [2.75, 3.05) is 11.9 Å². The zero-order valence-corrected chi connectivity index (χ0v) is 11.3. The van der Waals surface area contributed by atoms with Gasteiger partial charge in [0, 0.05) is 18.7 Å². The van der Waals surface area contributed by atoms with Gasteiger partial charge in [-0.1, -0.05) is 32.4 Å². The van der Waals surface area contributed by atoms with Crippen molar-refractivity contribution >= 4 is 11.7 Å².